The molecule has 5 atom stereocenters. The van der Waals surface area contributed by atoms with Crippen LogP contribution < -0.4 is 21.3 Å². The molecule has 4 N–H and O–H groups in total. The number of ketones is 1. The molecule has 14 heteroatoms. The lowest BCUT2D eigenvalue weighted by molar-refractivity contribution is -0.145. The summed E-state index contributed by atoms with van der Waals surface area (Å²) in [5.41, 5.74) is -0.171. The molecule has 1 saturated heterocycles. The lowest BCUT2D eigenvalue weighted by atomic mass is 9.85. The number of carbonyl (C=O) groups excluding carboxylic acids is 7. The van der Waals surface area contributed by atoms with Gasteiger partial charge in [-0.2, -0.15) is 0 Å². The first-order valence-corrected chi connectivity index (χ1v) is 16.8. The number of nitrogens with one attached hydrogen (secondary N) is 4. The highest BCUT2D eigenvalue weighted by Gasteiger charge is 2.45. The Morgan fingerprint density at radius 1 is 0.959 bits per heavy atom. The summed E-state index contributed by atoms with van der Waals surface area (Å²) in [5.74, 6) is -4.04. The average molecular weight is 687 g/mol. The standard InChI is InChI=1S/C35H54N6O8/c1-10-14-24(28(43)31(45)36-19-26(42)38-27(32(46)40(8)9)23-15-12-11-13-16-23)37-30(44)25-18-17-22(4)41(25)33(47)29(35(5,6)7)39-34(48)49-20-21(2)3/h11-13,15-16,21-22,24-25,27,29H,10,14,17-20H2,1-9H3,(H,36,45)(H,37,44)(H,38,42)(H,39,48)/t22-,24-,25-,27-,29?/m0/s1. The minimum atomic E-state index is -1.21. The first kappa shape index (κ1) is 40.7. The molecule has 1 heterocycles. The molecular weight excluding hydrogens is 632 g/mol. The van der Waals surface area contributed by atoms with Crippen LogP contribution in [0.5, 0.6) is 0 Å². The monoisotopic (exact) mass is 686 g/mol. The number of likely N-dealkylation sites (tertiary alicyclic amines) is 1. The highest BCUT2D eigenvalue weighted by atomic mass is 16.5. The second-order valence-electron chi connectivity index (χ2n) is 14.2. The summed E-state index contributed by atoms with van der Waals surface area (Å²) in [5, 5.41) is 10.2. The van der Waals surface area contributed by atoms with Gasteiger partial charge in [-0.25, -0.2) is 4.79 Å². The Hall–Kier alpha value is -4.49. The predicted molar refractivity (Wildman–Crippen MR) is 183 cm³/mol. The van der Waals surface area contributed by atoms with E-state index in [4.69, 9.17) is 4.74 Å². The third-order valence-corrected chi connectivity index (χ3v) is 8.12. The molecule has 0 spiro atoms. The van der Waals surface area contributed by atoms with Gasteiger partial charge in [0.15, 0.2) is 0 Å². The van der Waals surface area contributed by atoms with E-state index >= 15 is 0 Å². The Morgan fingerprint density at radius 2 is 1.59 bits per heavy atom. The number of amides is 6. The van der Waals surface area contributed by atoms with Crippen molar-refractivity contribution in [3.8, 4) is 0 Å². The normalized spacial score (nSPS) is 17.7. The molecule has 1 fully saturated rings. The maximum atomic E-state index is 13.9. The maximum Gasteiger partial charge on any atom is 0.407 e. The smallest absolute Gasteiger partial charge is 0.407 e. The zero-order valence-electron chi connectivity index (χ0n) is 30.3. The Labute approximate surface area is 289 Å². The fourth-order valence-corrected chi connectivity index (χ4v) is 5.45. The summed E-state index contributed by atoms with van der Waals surface area (Å²) in [6.07, 6.45) is 0.695. The molecule has 0 saturated carbocycles. The number of Topliss-reactive ketones (excluding diaryl/α,β-unsaturated/α-hetero) is 1. The number of alkyl carbamates (subject to hydrolysis) is 1. The van der Waals surface area contributed by atoms with Crippen molar-refractivity contribution in [1.29, 1.82) is 0 Å². The van der Waals surface area contributed by atoms with Crippen molar-refractivity contribution in [1.82, 2.24) is 31.1 Å². The van der Waals surface area contributed by atoms with Crippen LogP contribution in [0.2, 0.25) is 0 Å². The Kier molecular flexibility index (Phi) is 15.2. The van der Waals surface area contributed by atoms with E-state index in [1.165, 1.54) is 9.80 Å². The summed E-state index contributed by atoms with van der Waals surface area (Å²) in [6.45, 7) is 12.4. The van der Waals surface area contributed by atoms with Gasteiger partial charge in [-0.3, -0.25) is 28.8 Å². The van der Waals surface area contributed by atoms with Gasteiger partial charge in [0.2, 0.25) is 29.4 Å². The minimum absolute atomic E-state index is 0.102. The van der Waals surface area contributed by atoms with E-state index in [1.54, 1.807) is 72.1 Å². The number of ether oxygens (including phenoxy) is 1. The summed E-state index contributed by atoms with van der Waals surface area (Å²) in [7, 11) is 3.11. The van der Waals surface area contributed by atoms with Crippen molar-refractivity contribution in [2.24, 2.45) is 11.3 Å². The van der Waals surface area contributed by atoms with Crippen molar-refractivity contribution in [2.75, 3.05) is 27.2 Å². The first-order valence-electron chi connectivity index (χ1n) is 16.8. The summed E-state index contributed by atoms with van der Waals surface area (Å²) in [6, 6.07) is 4.14. The van der Waals surface area contributed by atoms with Crippen LogP contribution in [-0.2, 0) is 33.5 Å². The van der Waals surface area contributed by atoms with E-state index in [0.29, 0.717) is 24.8 Å². The van der Waals surface area contributed by atoms with E-state index in [9.17, 15) is 33.6 Å². The van der Waals surface area contributed by atoms with Crippen LogP contribution in [0.15, 0.2) is 30.3 Å². The molecule has 1 aromatic carbocycles. The van der Waals surface area contributed by atoms with Crippen LogP contribution in [0.25, 0.3) is 0 Å². The van der Waals surface area contributed by atoms with Crippen LogP contribution >= 0.6 is 0 Å². The quantitative estimate of drug-likeness (QED) is 0.202. The summed E-state index contributed by atoms with van der Waals surface area (Å²) in [4.78, 5) is 94.5. The summed E-state index contributed by atoms with van der Waals surface area (Å²) >= 11 is 0. The van der Waals surface area contributed by atoms with E-state index in [2.05, 4.69) is 21.3 Å². The van der Waals surface area contributed by atoms with Gasteiger partial charge in [0.1, 0.15) is 18.1 Å². The SMILES string of the molecule is CCC[C@H](NC(=O)[C@@H]1CC[C@H](C)N1C(=O)C(NC(=O)OCC(C)C)C(C)(C)C)C(=O)C(=O)NCC(=O)N[C@H](C(=O)N(C)C)c1ccccc1. The molecule has 0 bridgehead atoms. The Morgan fingerprint density at radius 3 is 2.14 bits per heavy atom. The third kappa shape index (κ3) is 11.9. The largest absolute Gasteiger partial charge is 0.449 e. The van der Waals surface area contributed by atoms with Crippen molar-refractivity contribution in [3.63, 3.8) is 0 Å². The number of carbonyl (C=O) groups is 7. The van der Waals surface area contributed by atoms with Crippen LogP contribution in [0, 0.1) is 11.3 Å². The zero-order valence-corrected chi connectivity index (χ0v) is 30.3. The molecule has 0 radical (unpaired) electrons. The van der Waals surface area contributed by atoms with Crippen molar-refractivity contribution >= 4 is 41.4 Å². The van der Waals surface area contributed by atoms with Crippen LogP contribution in [-0.4, -0.2) is 103 Å². The number of likely N-dealkylation sites (N-methyl/N-ethyl adjacent to an activating group) is 1. The molecule has 1 unspecified atom stereocenters. The van der Waals surface area contributed by atoms with Crippen molar-refractivity contribution < 1.29 is 38.3 Å². The highest BCUT2D eigenvalue weighted by molar-refractivity contribution is 6.38. The minimum Gasteiger partial charge on any atom is -0.449 e. The molecular formula is C35H54N6O8. The molecule has 6 amide bonds. The fourth-order valence-electron chi connectivity index (χ4n) is 5.45. The van der Waals surface area contributed by atoms with Gasteiger partial charge in [0.05, 0.1) is 19.2 Å². The summed E-state index contributed by atoms with van der Waals surface area (Å²) < 4.78 is 5.25. The van der Waals surface area contributed by atoms with E-state index in [0.717, 1.165) is 0 Å². The topological polar surface area (TPSA) is 183 Å². The molecule has 0 aromatic heterocycles. The Bertz CT molecular complexity index is 1340. The van der Waals surface area contributed by atoms with E-state index in [-0.39, 0.29) is 30.9 Å². The zero-order chi connectivity index (χ0) is 37.1. The lowest BCUT2D eigenvalue weighted by Crippen LogP contribution is -2.60. The third-order valence-electron chi connectivity index (χ3n) is 8.12. The Balaban J connectivity index is 2.12. The van der Waals surface area contributed by atoms with Gasteiger partial charge in [-0.1, -0.05) is 78.3 Å². The fraction of sp³-hybridized carbons (Fsp3) is 0.629. The maximum absolute atomic E-state index is 13.9. The van der Waals surface area contributed by atoms with Crippen LogP contribution in [0.1, 0.15) is 85.8 Å². The number of nitrogens with zero attached hydrogens (tertiary/aromatic N) is 2. The number of hydrogen-bond donors (Lipinski definition) is 4. The molecule has 2 rings (SSSR count). The number of hydrogen-bond acceptors (Lipinski definition) is 8. The molecule has 14 nitrogen and oxygen atoms in total. The van der Waals surface area contributed by atoms with Gasteiger partial charge in [-0.15, -0.1) is 0 Å². The van der Waals surface area contributed by atoms with Crippen molar-refractivity contribution in [2.45, 2.75) is 104 Å². The van der Waals surface area contributed by atoms with E-state index < -0.39 is 71.6 Å². The van der Waals surface area contributed by atoms with Gasteiger partial charge in [0, 0.05) is 20.1 Å². The van der Waals surface area contributed by atoms with Gasteiger partial charge >= 0.3 is 6.09 Å². The molecule has 1 aliphatic rings. The van der Waals surface area contributed by atoms with Crippen LogP contribution in [0.3, 0.4) is 0 Å². The molecule has 1 aliphatic heterocycles. The van der Waals surface area contributed by atoms with Gasteiger partial charge in [0.25, 0.3) is 5.91 Å². The van der Waals surface area contributed by atoms with Crippen LogP contribution in [0.4, 0.5) is 4.79 Å². The van der Waals surface area contributed by atoms with E-state index in [1.807, 2.05) is 20.8 Å². The average Bonchev–Trinajstić information content (AvgIpc) is 3.43. The molecule has 1 aromatic rings. The predicted octanol–water partition coefficient (Wildman–Crippen LogP) is 2.08. The molecule has 0 aliphatic carbocycles. The number of rotatable bonds is 15. The van der Waals surface area contributed by atoms with Gasteiger partial charge in [-0.05, 0) is 43.1 Å². The number of benzene rings is 1. The highest BCUT2D eigenvalue weighted by Crippen LogP contribution is 2.29. The molecule has 272 valence electrons. The second kappa shape index (κ2) is 18.3. The van der Waals surface area contributed by atoms with Gasteiger partial charge < -0.3 is 35.8 Å². The second-order valence-corrected chi connectivity index (χ2v) is 14.2. The van der Waals surface area contributed by atoms with Crippen molar-refractivity contribution in [3.05, 3.63) is 35.9 Å². The lowest BCUT2D eigenvalue weighted by Gasteiger charge is -2.37. The molecule has 49 heavy (non-hydrogen) atoms. The first-order chi connectivity index (χ1) is 22.9.